The summed E-state index contributed by atoms with van der Waals surface area (Å²) < 4.78 is 0. The third kappa shape index (κ3) is 3.98. The molecule has 0 N–H and O–H groups in total. The molecule has 0 aliphatic carbocycles. The molecule has 0 aromatic heterocycles. The lowest BCUT2D eigenvalue weighted by atomic mass is 10.1. The summed E-state index contributed by atoms with van der Waals surface area (Å²) in [5.74, 6) is -0.442. The zero-order valence-corrected chi connectivity index (χ0v) is 12.3. The molecule has 2 aromatic rings. The zero-order valence-electron chi connectivity index (χ0n) is 11.5. The van der Waals surface area contributed by atoms with Gasteiger partial charge in [-0.15, -0.1) is 0 Å². The van der Waals surface area contributed by atoms with E-state index >= 15 is 0 Å². The second kappa shape index (κ2) is 6.80. The summed E-state index contributed by atoms with van der Waals surface area (Å²) in [6, 6.07) is 9.39. The van der Waals surface area contributed by atoms with E-state index in [4.69, 9.17) is 11.6 Å². The van der Waals surface area contributed by atoms with Gasteiger partial charge in [-0.2, -0.15) is 0 Å². The Kier molecular flexibility index (Phi) is 4.82. The lowest BCUT2D eigenvalue weighted by Crippen LogP contribution is -1.97. The number of nitro groups is 2. The first-order valence-corrected chi connectivity index (χ1v) is 6.67. The molecule has 2 aromatic carbocycles. The van der Waals surface area contributed by atoms with Gasteiger partial charge in [0.25, 0.3) is 11.4 Å². The number of hydrogen-bond donors (Lipinski definition) is 0. The van der Waals surface area contributed by atoms with Crippen LogP contribution in [0.25, 0.3) is 6.08 Å². The first-order chi connectivity index (χ1) is 10.9. The summed E-state index contributed by atoms with van der Waals surface area (Å²) in [6.07, 6.45) is 2.70. The van der Waals surface area contributed by atoms with Crippen LogP contribution in [0.3, 0.4) is 0 Å². The number of nitrogens with zero attached hydrogens (tertiary/aromatic N) is 2. The van der Waals surface area contributed by atoms with Crippen LogP contribution in [0.5, 0.6) is 0 Å². The Morgan fingerprint density at radius 2 is 1.65 bits per heavy atom. The zero-order chi connectivity index (χ0) is 17.0. The Hall–Kier alpha value is -3.06. The van der Waals surface area contributed by atoms with Crippen molar-refractivity contribution in [2.24, 2.45) is 0 Å². The highest BCUT2D eigenvalue weighted by Gasteiger charge is 2.15. The molecule has 8 heteroatoms. The van der Waals surface area contributed by atoms with E-state index < -0.39 is 15.6 Å². The highest BCUT2D eigenvalue weighted by Crippen LogP contribution is 2.25. The first kappa shape index (κ1) is 16.3. The van der Waals surface area contributed by atoms with Crippen molar-refractivity contribution in [2.75, 3.05) is 0 Å². The molecule has 0 aliphatic heterocycles. The molecule has 0 amide bonds. The first-order valence-electron chi connectivity index (χ1n) is 6.29. The summed E-state index contributed by atoms with van der Waals surface area (Å²) in [6.45, 7) is 0. The Bertz CT molecular complexity index is 815. The molecule has 0 bridgehead atoms. The lowest BCUT2D eigenvalue weighted by molar-refractivity contribution is -0.385. The molecule has 116 valence electrons. The van der Waals surface area contributed by atoms with Gasteiger partial charge >= 0.3 is 0 Å². The minimum Gasteiger partial charge on any atom is -0.289 e. The fraction of sp³-hybridized carbons (Fsp3) is 0. The highest BCUT2D eigenvalue weighted by atomic mass is 35.5. The van der Waals surface area contributed by atoms with Crippen molar-refractivity contribution in [1.82, 2.24) is 0 Å². The Morgan fingerprint density at radius 1 is 1.00 bits per heavy atom. The number of non-ortho nitro benzene ring substituents is 1. The smallest absolute Gasteiger partial charge is 0.288 e. The van der Waals surface area contributed by atoms with Gasteiger partial charge in [0.2, 0.25) is 0 Å². The molecule has 0 heterocycles. The molecule has 0 fully saturated rings. The fourth-order valence-electron chi connectivity index (χ4n) is 1.78. The van der Waals surface area contributed by atoms with Crippen LogP contribution in [0.15, 0.2) is 48.5 Å². The predicted octanol–water partition coefficient (Wildman–Crippen LogP) is 4.05. The summed E-state index contributed by atoms with van der Waals surface area (Å²) in [4.78, 5) is 32.2. The molecule has 0 unspecified atom stereocenters. The van der Waals surface area contributed by atoms with Gasteiger partial charge in [0, 0.05) is 23.8 Å². The van der Waals surface area contributed by atoms with E-state index in [1.807, 2.05) is 0 Å². The average Bonchev–Trinajstić information content (AvgIpc) is 2.53. The van der Waals surface area contributed by atoms with Gasteiger partial charge in [0.15, 0.2) is 5.78 Å². The van der Waals surface area contributed by atoms with E-state index in [2.05, 4.69) is 0 Å². The number of benzene rings is 2. The number of rotatable bonds is 5. The Balaban J connectivity index is 2.19. The summed E-state index contributed by atoms with van der Waals surface area (Å²) in [7, 11) is 0. The van der Waals surface area contributed by atoms with Crippen LogP contribution in [0.4, 0.5) is 11.4 Å². The molecule has 7 nitrogen and oxygen atoms in total. The average molecular weight is 333 g/mol. The third-order valence-electron chi connectivity index (χ3n) is 2.96. The molecule has 2 rings (SSSR count). The molecule has 0 radical (unpaired) electrons. The maximum Gasteiger partial charge on any atom is 0.288 e. The monoisotopic (exact) mass is 332 g/mol. The topological polar surface area (TPSA) is 103 Å². The van der Waals surface area contributed by atoms with Crippen LogP contribution in [0.1, 0.15) is 15.9 Å². The van der Waals surface area contributed by atoms with Crippen LogP contribution in [-0.2, 0) is 0 Å². The number of carbonyl (C=O) groups is 1. The Morgan fingerprint density at radius 3 is 2.22 bits per heavy atom. The fourth-order valence-corrected chi connectivity index (χ4v) is 1.97. The molecular formula is C15H9ClN2O5. The second-order valence-corrected chi connectivity index (χ2v) is 4.88. The molecule has 0 aliphatic rings. The lowest BCUT2D eigenvalue weighted by Gasteiger charge is -1.99. The van der Waals surface area contributed by atoms with Crippen molar-refractivity contribution < 1.29 is 14.6 Å². The highest BCUT2D eigenvalue weighted by molar-refractivity contribution is 6.32. The van der Waals surface area contributed by atoms with Gasteiger partial charge in [0.1, 0.15) is 5.02 Å². The van der Waals surface area contributed by atoms with Gasteiger partial charge in [-0.3, -0.25) is 25.0 Å². The van der Waals surface area contributed by atoms with E-state index in [0.717, 1.165) is 6.07 Å². The van der Waals surface area contributed by atoms with Gasteiger partial charge in [-0.1, -0.05) is 17.7 Å². The largest absolute Gasteiger partial charge is 0.289 e. The van der Waals surface area contributed by atoms with Crippen LogP contribution in [0.2, 0.25) is 5.02 Å². The summed E-state index contributed by atoms with van der Waals surface area (Å²) >= 11 is 5.68. The summed E-state index contributed by atoms with van der Waals surface area (Å²) in [5, 5.41) is 21.3. The molecule has 0 spiro atoms. The maximum atomic E-state index is 12.0. The minimum absolute atomic E-state index is 0.0501. The van der Waals surface area contributed by atoms with Gasteiger partial charge in [0.05, 0.1) is 9.85 Å². The second-order valence-electron chi connectivity index (χ2n) is 4.47. The number of carbonyl (C=O) groups excluding carboxylic acids is 1. The van der Waals surface area contributed by atoms with Crippen LogP contribution in [0, 0.1) is 20.2 Å². The van der Waals surface area contributed by atoms with Gasteiger partial charge < -0.3 is 0 Å². The van der Waals surface area contributed by atoms with Crippen molar-refractivity contribution >= 4 is 34.8 Å². The van der Waals surface area contributed by atoms with E-state index in [-0.39, 0.29) is 22.0 Å². The molecule has 0 saturated carbocycles. The number of allylic oxidation sites excluding steroid dienone is 1. The number of hydrogen-bond acceptors (Lipinski definition) is 5. The van der Waals surface area contributed by atoms with E-state index in [0.29, 0.717) is 5.56 Å². The van der Waals surface area contributed by atoms with Crippen molar-refractivity contribution in [3.05, 3.63) is 84.9 Å². The van der Waals surface area contributed by atoms with Crippen molar-refractivity contribution in [3.8, 4) is 0 Å². The standard InChI is InChI=1S/C15H9ClN2O5/c16-13-7-4-11(9-14(13)18(22)23)15(19)8-3-10-1-5-12(6-2-10)17(20)21/h1-9H. The quantitative estimate of drug-likeness (QED) is 0.355. The van der Waals surface area contributed by atoms with E-state index in [1.165, 1.54) is 48.6 Å². The van der Waals surface area contributed by atoms with Gasteiger partial charge in [-0.25, -0.2) is 0 Å². The predicted molar refractivity (Wildman–Crippen MR) is 84.6 cm³/mol. The molecule has 0 atom stereocenters. The minimum atomic E-state index is -0.668. The summed E-state index contributed by atoms with van der Waals surface area (Å²) in [5.41, 5.74) is 0.315. The van der Waals surface area contributed by atoms with Crippen LogP contribution >= 0.6 is 11.6 Å². The third-order valence-corrected chi connectivity index (χ3v) is 3.28. The van der Waals surface area contributed by atoms with E-state index in [1.54, 1.807) is 0 Å². The Labute approximate surface area is 135 Å². The van der Waals surface area contributed by atoms with Crippen molar-refractivity contribution in [2.45, 2.75) is 0 Å². The van der Waals surface area contributed by atoms with E-state index in [9.17, 15) is 25.0 Å². The number of ketones is 1. The SMILES string of the molecule is O=C(C=Cc1ccc([N+](=O)[O-])cc1)c1ccc(Cl)c([N+](=O)[O-])c1. The molecule has 23 heavy (non-hydrogen) atoms. The number of halogens is 1. The van der Waals surface area contributed by atoms with Crippen LogP contribution < -0.4 is 0 Å². The van der Waals surface area contributed by atoms with Crippen LogP contribution in [-0.4, -0.2) is 15.6 Å². The van der Waals surface area contributed by atoms with Gasteiger partial charge in [-0.05, 0) is 35.9 Å². The molecular weight excluding hydrogens is 324 g/mol. The normalized spacial score (nSPS) is 10.7. The van der Waals surface area contributed by atoms with Crippen molar-refractivity contribution in [1.29, 1.82) is 0 Å². The molecule has 0 saturated heterocycles. The maximum absolute atomic E-state index is 12.0. The number of nitro benzene ring substituents is 2. The van der Waals surface area contributed by atoms with Crippen molar-refractivity contribution in [3.63, 3.8) is 0 Å².